The molecule has 2 fully saturated rings. The third-order valence-corrected chi connectivity index (χ3v) is 5.77. The van der Waals surface area contributed by atoms with Crippen molar-refractivity contribution in [1.82, 2.24) is 14.7 Å². The standard InChI is InChI=1S/C18H27N3O4/c1-25-11-8-18(6-2-3-7-18)17(24)20-9-4-15(5-10-20)21-13-14(12-19-21)16(22)23/h12-13,15H,2-11H2,1H3,(H,22,23). The van der Waals surface area contributed by atoms with Gasteiger partial charge in [0, 0.05) is 33.0 Å². The zero-order chi connectivity index (χ0) is 17.9. The summed E-state index contributed by atoms with van der Waals surface area (Å²) in [6, 6.07) is 0.163. The SMILES string of the molecule is COCCC1(C(=O)N2CCC(n3cc(C(=O)O)cn3)CC2)CCCC1. The average molecular weight is 349 g/mol. The molecule has 0 unspecified atom stereocenters. The highest BCUT2D eigenvalue weighted by Crippen LogP contribution is 2.43. The van der Waals surface area contributed by atoms with Crippen molar-refractivity contribution in [3.8, 4) is 0 Å². The molecule has 0 radical (unpaired) electrons. The number of ether oxygens (including phenoxy) is 1. The van der Waals surface area contributed by atoms with E-state index in [2.05, 4.69) is 5.10 Å². The molecule has 2 heterocycles. The molecule has 1 saturated carbocycles. The van der Waals surface area contributed by atoms with Crippen LogP contribution in [0, 0.1) is 5.41 Å². The number of carbonyl (C=O) groups excluding carboxylic acids is 1. The van der Waals surface area contributed by atoms with Crippen LogP contribution in [-0.2, 0) is 9.53 Å². The van der Waals surface area contributed by atoms with E-state index in [9.17, 15) is 9.59 Å². The second-order valence-corrected chi connectivity index (χ2v) is 7.27. The molecule has 1 aromatic rings. The molecule has 0 bridgehead atoms. The minimum absolute atomic E-state index is 0.163. The summed E-state index contributed by atoms with van der Waals surface area (Å²) in [7, 11) is 1.69. The first-order valence-electron chi connectivity index (χ1n) is 9.11. The smallest absolute Gasteiger partial charge is 0.338 e. The first-order chi connectivity index (χ1) is 12.1. The van der Waals surface area contributed by atoms with Gasteiger partial charge in [-0.3, -0.25) is 9.48 Å². The van der Waals surface area contributed by atoms with Gasteiger partial charge in [0.05, 0.1) is 23.2 Å². The first kappa shape index (κ1) is 17.9. The topological polar surface area (TPSA) is 84.7 Å². The van der Waals surface area contributed by atoms with E-state index in [-0.39, 0.29) is 22.9 Å². The van der Waals surface area contributed by atoms with Crippen LogP contribution in [0.3, 0.4) is 0 Å². The van der Waals surface area contributed by atoms with Gasteiger partial charge in [0.15, 0.2) is 0 Å². The predicted octanol–water partition coefficient (Wildman–Crippen LogP) is 2.34. The Morgan fingerprint density at radius 3 is 2.56 bits per heavy atom. The summed E-state index contributed by atoms with van der Waals surface area (Å²) in [6.45, 7) is 2.05. The van der Waals surface area contributed by atoms with Crippen LogP contribution < -0.4 is 0 Å². The van der Waals surface area contributed by atoms with E-state index >= 15 is 0 Å². The van der Waals surface area contributed by atoms with Crippen LogP contribution in [0.25, 0.3) is 0 Å². The Balaban J connectivity index is 1.60. The number of nitrogens with zero attached hydrogens (tertiary/aromatic N) is 3. The van der Waals surface area contributed by atoms with Crippen LogP contribution in [0.1, 0.15) is 61.3 Å². The van der Waals surface area contributed by atoms with Crippen molar-refractivity contribution in [1.29, 1.82) is 0 Å². The van der Waals surface area contributed by atoms with Crippen molar-refractivity contribution in [2.75, 3.05) is 26.8 Å². The van der Waals surface area contributed by atoms with E-state index in [1.165, 1.54) is 6.20 Å². The third kappa shape index (κ3) is 3.71. The molecule has 1 N–H and O–H groups in total. The number of piperidine rings is 1. The van der Waals surface area contributed by atoms with Gasteiger partial charge in [0.1, 0.15) is 0 Å². The number of carboxylic acid groups (broad SMARTS) is 1. The van der Waals surface area contributed by atoms with Gasteiger partial charge >= 0.3 is 5.97 Å². The summed E-state index contributed by atoms with van der Waals surface area (Å²) in [6.07, 6.45) is 9.59. The largest absolute Gasteiger partial charge is 0.478 e. The van der Waals surface area contributed by atoms with E-state index < -0.39 is 5.97 Å². The molecule has 3 rings (SSSR count). The molecular formula is C18H27N3O4. The molecule has 1 amide bonds. The summed E-state index contributed by atoms with van der Waals surface area (Å²) in [5.41, 5.74) is -0.0200. The normalized spacial score (nSPS) is 20.8. The number of carboxylic acids is 1. The summed E-state index contributed by atoms with van der Waals surface area (Å²) >= 11 is 0. The van der Waals surface area contributed by atoms with Crippen LogP contribution in [0.5, 0.6) is 0 Å². The Morgan fingerprint density at radius 1 is 1.32 bits per heavy atom. The van der Waals surface area contributed by atoms with Crippen molar-refractivity contribution in [3.63, 3.8) is 0 Å². The van der Waals surface area contributed by atoms with Crippen molar-refractivity contribution < 1.29 is 19.4 Å². The van der Waals surface area contributed by atoms with Crippen molar-refractivity contribution in [2.45, 2.75) is 51.0 Å². The fourth-order valence-corrected chi connectivity index (χ4v) is 4.24. The van der Waals surface area contributed by atoms with E-state index in [0.29, 0.717) is 19.7 Å². The predicted molar refractivity (Wildman–Crippen MR) is 91.4 cm³/mol. The average Bonchev–Trinajstić information content (AvgIpc) is 3.30. The molecule has 2 aliphatic rings. The molecule has 0 aromatic carbocycles. The fraction of sp³-hybridized carbons (Fsp3) is 0.722. The number of hydrogen-bond acceptors (Lipinski definition) is 4. The molecule has 0 atom stereocenters. The van der Waals surface area contributed by atoms with E-state index in [1.807, 2.05) is 4.90 Å². The highest BCUT2D eigenvalue weighted by molar-refractivity contribution is 5.86. The molecule has 1 aliphatic carbocycles. The van der Waals surface area contributed by atoms with E-state index in [1.54, 1.807) is 18.0 Å². The molecule has 1 aliphatic heterocycles. The van der Waals surface area contributed by atoms with Crippen LogP contribution >= 0.6 is 0 Å². The minimum atomic E-state index is -0.958. The van der Waals surface area contributed by atoms with Gasteiger partial charge in [-0.05, 0) is 32.1 Å². The third-order valence-electron chi connectivity index (χ3n) is 5.77. The Hall–Kier alpha value is -1.89. The highest BCUT2D eigenvalue weighted by atomic mass is 16.5. The van der Waals surface area contributed by atoms with Crippen molar-refractivity contribution >= 4 is 11.9 Å². The maximum absolute atomic E-state index is 13.1. The summed E-state index contributed by atoms with van der Waals surface area (Å²) in [4.78, 5) is 26.1. The molecule has 0 spiro atoms. The monoisotopic (exact) mass is 349 g/mol. The summed E-state index contributed by atoms with van der Waals surface area (Å²) < 4.78 is 6.97. The number of methoxy groups -OCH3 is 1. The lowest BCUT2D eigenvalue weighted by atomic mass is 9.81. The van der Waals surface area contributed by atoms with E-state index in [4.69, 9.17) is 9.84 Å². The van der Waals surface area contributed by atoms with Gasteiger partial charge in [-0.15, -0.1) is 0 Å². The number of carbonyl (C=O) groups is 2. The zero-order valence-electron chi connectivity index (χ0n) is 14.8. The fourth-order valence-electron chi connectivity index (χ4n) is 4.24. The molecule has 1 aromatic heterocycles. The maximum atomic E-state index is 13.1. The summed E-state index contributed by atoms with van der Waals surface area (Å²) in [5.74, 6) is -0.674. The second kappa shape index (κ2) is 7.56. The minimum Gasteiger partial charge on any atom is -0.478 e. The number of amides is 1. The number of likely N-dealkylation sites (tertiary alicyclic amines) is 1. The Kier molecular flexibility index (Phi) is 5.42. The number of aromatic nitrogens is 2. The van der Waals surface area contributed by atoms with Gasteiger partial charge in [0.25, 0.3) is 0 Å². The van der Waals surface area contributed by atoms with E-state index in [0.717, 1.165) is 44.9 Å². The molecular weight excluding hydrogens is 322 g/mol. The van der Waals surface area contributed by atoms with Gasteiger partial charge in [0.2, 0.25) is 5.91 Å². The van der Waals surface area contributed by atoms with Gasteiger partial charge in [-0.2, -0.15) is 5.10 Å². The van der Waals surface area contributed by atoms with Gasteiger partial charge in [-0.1, -0.05) is 12.8 Å². The lowest BCUT2D eigenvalue weighted by molar-refractivity contribution is -0.144. The lowest BCUT2D eigenvalue weighted by Gasteiger charge is -2.38. The number of rotatable bonds is 6. The summed E-state index contributed by atoms with van der Waals surface area (Å²) in [5, 5.41) is 13.2. The Bertz CT molecular complexity index is 614. The highest BCUT2D eigenvalue weighted by Gasteiger charge is 2.43. The quantitative estimate of drug-likeness (QED) is 0.852. The van der Waals surface area contributed by atoms with Crippen LogP contribution in [0.4, 0.5) is 0 Å². The lowest BCUT2D eigenvalue weighted by Crippen LogP contribution is -2.47. The van der Waals surface area contributed by atoms with Crippen LogP contribution in [0.2, 0.25) is 0 Å². The molecule has 7 heteroatoms. The molecule has 138 valence electrons. The Morgan fingerprint density at radius 2 is 2.00 bits per heavy atom. The Labute approximate surface area is 147 Å². The van der Waals surface area contributed by atoms with Crippen molar-refractivity contribution in [3.05, 3.63) is 18.0 Å². The van der Waals surface area contributed by atoms with Crippen LogP contribution in [-0.4, -0.2) is 58.5 Å². The first-order valence-corrected chi connectivity index (χ1v) is 9.11. The molecule has 7 nitrogen and oxygen atoms in total. The maximum Gasteiger partial charge on any atom is 0.338 e. The molecule has 1 saturated heterocycles. The van der Waals surface area contributed by atoms with Crippen LogP contribution in [0.15, 0.2) is 12.4 Å². The van der Waals surface area contributed by atoms with Gasteiger partial charge < -0.3 is 14.7 Å². The number of hydrogen-bond donors (Lipinski definition) is 1. The van der Waals surface area contributed by atoms with Gasteiger partial charge in [-0.25, -0.2) is 4.79 Å². The zero-order valence-corrected chi connectivity index (χ0v) is 14.8. The molecule has 25 heavy (non-hydrogen) atoms. The number of aromatic carboxylic acids is 1. The second-order valence-electron chi connectivity index (χ2n) is 7.27. The van der Waals surface area contributed by atoms with Crippen molar-refractivity contribution in [2.24, 2.45) is 5.41 Å².